The summed E-state index contributed by atoms with van der Waals surface area (Å²) in [5.74, 6) is 1.14. The highest BCUT2D eigenvalue weighted by molar-refractivity contribution is 7.98. The van der Waals surface area contributed by atoms with Gasteiger partial charge in [-0.1, -0.05) is 6.07 Å². The van der Waals surface area contributed by atoms with E-state index in [-0.39, 0.29) is 6.03 Å². The van der Waals surface area contributed by atoms with Gasteiger partial charge in [0.25, 0.3) is 0 Å². The van der Waals surface area contributed by atoms with Crippen LogP contribution in [-0.4, -0.2) is 75.3 Å². The largest absolute Gasteiger partial charge is 0.322 e. The van der Waals surface area contributed by atoms with Gasteiger partial charge in [-0.3, -0.25) is 9.47 Å². The number of hydrogen-bond acceptors (Lipinski definition) is 5. The van der Waals surface area contributed by atoms with Gasteiger partial charge in [0.2, 0.25) is 0 Å². The van der Waals surface area contributed by atoms with E-state index in [9.17, 15) is 4.79 Å². The van der Waals surface area contributed by atoms with Gasteiger partial charge in [-0.05, 0) is 24.5 Å². The Balaban J connectivity index is 1.55. The number of hydrogen-bond donors (Lipinski definition) is 1. The van der Waals surface area contributed by atoms with Crippen molar-refractivity contribution < 1.29 is 4.79 Å². The Morgan fingerprint density at radius 1 is 1.21 bits per heavy atom. The third-order valence-corrected chi connectivity index (χ3v) is 4.68. The number of nitrogens with one attached hydrogen (secondary N) is 1. The Morgan fingerprint density at radius 3 is 2.67 bits per heavy atom. The van der Waals surface area contributed by atoms with Crippen LogP contribution in [0.1, 0.15) is 0 Å². The zero-order chi connectivity index (χ0) is 16.8. The van der Waals surface area contributed by atoms with Crippen molar-refractivity contribution in [3.63, 3.8) is 0 Å². The average Bonchev–Trinajstić information content (AvgIpc) is 3.15. The average molecular weight is 346 g/mol. The van der Waals surface area contributed by atoms with Crippen LogP contribution in [0.5, 0.6) is 0 Å². The topological polar surface area (TPSA) is 66.3 Å². The summed E-state index contributed by atoms with van der Waals surface area (Å²) in [6.45, 7) is 4.51. The molecule has 2 heterocycles. The summed E-state index contributed by atoms with van der Waals surface area (Å²) in [6, 6.07) is 7.62. The molecule has 0 aliphatic carbocycles. The molecule has 3 rings (SSSR count). The first-order valence-electron chi connectivity index (χ1n) is 7.98. The lowest BCUT2D eigenvalue weighted by molar-refractivity contribution is 0.152. The van der Waals surface area contributed by atoms with Crippen molar-refractivity contribution in [3.8, 4) is 5.69 Å². The van der Waals surface area contributed by atoms with Crippen LogP contribution >= 0.6 is 11.8 Å². The van der Waals surface area contributed by atoms with E-state index in [2.05, 4.69) is 26.7 Å². The fourth-order valence-electron chi connectivity index (χ4n) is 2.68. The van der Waals surface area contributed by atoms with Gasteiger partial charge in [0, 0.05) is 44.2 Å². The van der Waals surface area contributed by atoms with Crippen LogP contribution in [0.15, 0.2) is 36.9 Å². The predicted molar refractivity (Wildman–Crippen MR) is 96.8 cm³/mol. The van der Waals surface area contributed by atoms with E-state index in [0.29, 0.717) is 0 Å². The molecule has 0 spiro atoms. The summed E-state index contributed by atoms with van der Waals surface area (Å²) in [4.78, 5) is 16.7. The van der Waals surface area contributed by atoms with E-state index >= 15 is 0 Å². The minimum absolute atomic E-state index is 0.0413. The zero-order valence-electron chi connectivity index (χ0n) is 13.8. The van der Waals surface area contributed by atoms with E-state index in [1.807, 2.05) is 40.9 Å². The van der Waals surface area contributed by atoms with Gasteiger partial charge in [0.1, 0.15) is 12.7 Å². The second-order valence-corrected chi connectivity index (χ2v) is 6.66. The first kappa shape index (κ1) is 16.8. The van der Waals surface area contributed by atoms with Crippen LogP contribution in [0, 0.1) is 0 Å². The Kier molecular flexibility index (Phi) is 5.71. The first-order chi connectivity index (χ1) is 11.8. The highest BCUT2D eigenvalue weighted by atomic mass is 32.2. The highest BCUT2D eigenvalue weighted by Crippen LogP contribution is 2.15. The number of thioether (sulfide) groups is 1. The zero-order valence-corrected chi connectivity index (χ0v) is 14.6. The number of carbonyl (C=O) groups is 1. The van der Waals surface area contributed by atoms with Crippen molar-refractivity contribution in [2.24, 2.45) is 0 Å². The Bertz CT molecular complexity index is 654. The molecule has 8 heteroatoms. The van der Waals surface area contributed by atoms with Crippen molar-refractivity contribution in [2.75, 3.05) is 50.0 Å². The summed E-state index contributed by atoms with van der Waals surface area (Å²) in [5, 5.41) is 10.6. The molecule has 0 unspecified atom stereocenters. The minimum atomic E-state index is -0.0413. The smallest absolute Gasteiger partial charge is 0.321 e. The van der Waals surface area contributed by atoms with Gasteiger partial charge in [-0.2, -0.15) is 11.8 Å². The second-order valence-electron chi connectivity index (χ2n) is 5.67. The van der Waals surface area contributed by atoms with Crippen molar-refractivity contribution in [1.82, 2.24) is 24.6 Å². The van der Waals surface area contributed by atoms with Crippen LogP contribution < -0.4 is 5.32 Å². The van der Waals surface area contributed by atoms with Gasteiger partial charge in [-0.25, -0.2) is 4.79 Å². The van der Waals surface area contributed by atoms with Crippen molar-refractivity contribution in [1.29, 1.82) is 0 Å². The normalized spacial score (nSPS) is 15.5. The van der Waals surface area contributed by atoms with Crippen LogP contribution in [0.3, 0.4) is 0 Å². The maximum Gasteiger partial charge on any atom is 0.321 e. The SMILES string of the molecule is CSCCN1CCN(C(=O)Nc2cccc(-n3cnnc3)c2)CC1. The molecule has 2 aromatic rings. The molecule has 1 saturated heterocycles. The molecule has 0 radical (unpaired) electrons. The summed E-state index contributed by atoms with van der Waals surface area (Å²) in [6.07, 6.45) is 5.39. The number of benzene rings is 1. The van der Waals surface area contributed by atoms with Crippen molar-refractivity contribution >= 4 is 23.5 Å². The number of aromatic nitrogens is 3. The number of nitrogens with zero attached hydrogens (tertiary/aromatic N) is 5. The van der Waals surface area contributed by atoms with Gasteiger partial charge in [-0.15, -0.1) is 10.2 Å². The predicted octanol–water partition coefficient (Wildman–Crippen LogP) is 1.78. The number of rotatable bonds is 5. The van der Waals surface area contributed by atoms with E-state index < -0.39 is 0 Å². The third kappa shape index (κ3) is 4.27. The van der Waals surface area contributed by atoms with Gasteiger partial charge in [0.05, 0.1) is 5.69 Å². The lowest BCUT2D eigenvalue weighted by Crippen LogP contribution is -2.50. The number of piperazine rings is 1. The fourth-order valence-corrected chi connectivity index (χ4v) is 3.12. The fraction of sp³-hybridized carbons (Fsp3) is 0.438. The molecule has 2 amide bonds. The Labute approximate surface area is 146 Å². The maximum absolute atomic E-state index is 12.4. The van der Waals surface area contributed by atoms with Gasteiger partial charge < -0.3 is 10.2 Å². The standard InChI is InChI=1S/C16H22N6OS/c1-24-10-9-20-5-7-21(8-6-20)16(23)19-14-3-2-4-15(11-14)22-12-17-18-13-22/h2-4,11-13H,5-10H2,1H3,(H,19,23). The third-order valence-electron chi connectivity index (χ3n) is 4.09. The van der Waals surface area contributed by atoms with Crippen LogP contribution in [0.25, 0.3) is 5.69 Å². The van der Waals surface area contributed by atoms with E-state index in [4.69, 9.17) is 0 Å². The summed E-state index contributed by atoms with van der Waals surface area (Å²) in [7, 11) is 0. The number of urea groups is 1. The van der Waals surface area contributed by atoms with Crippen LogP contribution in [0.4, 0.5) is 10.5 Å². The monoisotopic (exact) mass is 346 g/mol. The minimum Gasteiger partial charge on any atom is -0.322 e. The van der Waals surface area contributed by atoms with E-state index in [1.54, 1.807) is 17.2 Å². The molecule has 1 aromatic heterocycles. The molecule has 1 aliphatic rings. The lowest BCUT2D eigenvalue weighted by atomic mass is 10.2. The summed E-state index contributed by atoms with van der Waals surface area (Å²) < 4.78 is 1.81. The molecule has 1 N–H and O–H groups in total. The van der Waals surface area contributed by atoms with Crippen molar-refractivity contribution in [2.45, 2.75) is 0 Å². The molecule has 0 bridgehead atoms. The van der Waals surface area contributed by atoms with Crippen LogP contribution in [-0.2, 0) is 0 Å². The lowest BCUT2D eigenvalue weighted by Gasteiger charge is -2.34. The molecule has 1 fully saturated rings. The Morgan fingerprint density at radius 2 is 1.96 bits per heavy atom. The Hall–Kier alpha value is -2.06. The first-order valence-corrected chi connectivity index (χ1v) is 9.38. The molecule has 0 saturated carbocycles. The molecule has 7 nitrogen and oxygen atoms in total. The maximum atomic E-state index is 12.4. The van der Waals surface area contributed by atoms with Gasteiger partial charge in [0.15, 0.2) is 0 Å². The molecule has 24 heavy (non-hydrogen) atoms. The number of amides is 2. The molecule has 0 atom stereocenters. The molecule has 128 valence electrons. The van der Waals surface area contributed by atoms with Gasteiger partial charge >= 0.3 is 6.03 Å². The van der Waals surface area contributed by atoms with Crippen LogP contribution in [0.2, 0.25) is 0 Å². The highest BCUT2D eigenvalue weighted by Gasteiger charge is 2.20. The summed E-state index contributed by atoms with van der Waals surface area (Å²) in [5.41, 5.74) is 1.69. The molecular formula is C16H22N6OS. The van der Waals surface area contributed by atoms with E-state index in [0.717, 1.165) is 49.9 Å². The summed E-state index contributed by atoms with van der Waals surface area (Å²) >= 11 is 1.86. The van der Waals surface area contributed by atoms with Crippen molar-refractivity contribution in [3.05, 3.63) is 36.9 Å². The van der Waals surface area contributed by atoms with E-state index in [1.165, 1.54) is 0 Å². The quantitative estimate of drug-likeness (QED) is 0.894. The number of carbonyl (C=O) groups excluding carboxylic acids is 1. The molecule has 1 aromatic carbocycles. The second kappa shape index (κ2) is 8.16. The molecule has 1 aliphatic heterocycles. The number of anilines is 1. The molecular weight excluding hydrogens is 324 g/mol.